The summed E-state index contributed by atoms with van der Waals surface area (Å²) < 4.78 is 7.73. The molecule has 4 nitrogen and oxygen atoms in total. The zero-order chi connectivity index (χ0) is 12.0. The van der Waals surface area contributed by atoms with Crippen LogP contribution in [0.1, 0.15) is 13.3 Å². The highest BCUT2D eigenvalue weighted by molar-refractivity contribution is 7.19. The maximum Gasteiger partial charge on any atom is 0.169 e. The largest absolute Gasteiger partial charge is 0.474 e. The highest BCUT2D eigenvalue weighted by atomic mass is 31.0. The van der Waals surface area contributed by atoms with Gasteiger partial charge in [-0.05, 0) is 37.3 Å². The number of hydrazine groups is 2. The van der Waals surface area contributed by atoms with Crippen LogP contribution < -0.4 is 9.93 Å². The number of ether oxygens (including phenoxy) is 1. The van der Waals surface area contributed by atoms with Crippen LogP contribution in [0.25, 0.3) is 0 Å². The second kappa shape index (κ2) is 7.50. The third-order valence-corrected chi connectivity index (χ3v) is 3.87. The molecule has 7 heteroatoms. The lowest BCUT2D eigenvalue weighted by molar-refractivity contribution is -0.00424. The molecule has 1 aromatic rings. The van der Waals surface area contributed by atoms with E-state index >= 15 is 0 Å². The fourth-order valence-corrected chi connectivity index (χ4v) is 1.94. The van der Waals surface area contributed by atoms with E-state index in [0.29, 0.717) is 0 Å². The number of nitrogens with one attached hydrogen (secondary N) is 1. The Labute approximate surface area is 104 Å². The van der Waals surface area contributed by atoms with Gasteiger partial charge in [0.1, 0.15) is 5.75 Å². The normalized spacial score (nSPS) is 13.1. The zero-order valence-electron chi connectivity index (χ0n) is 9.21. The minimum Gasteiger partial charge on any atom is -0.474 e. The van der Waals surface area contributed by atoms with Crippen molar-refractivity contribution in [3.8, 4) is 5.75 Å². The monoisotopic (exact) mass is 277 g/mol. The van der Waals surface area contributed by atoms with E-state index < -0.39 is 0 Å². The van der Waals surface area contributed by atoms with Gasteiger partial charge in [0.15, 0.2) is 6.23 Å². The van der Waals surface area contributed by atoms with Gasteiger partial charge in [0.2, 0.25) is 0 Å². The number of hydrogen-bond acceptors (Lipinski definition) is 4. The van der Waals surface area contributed by atoms with Gasteiger partial charge in [-0.2, -0.15) is 9.67 Å². The van der Waals surface area contributed by atoms with Gasteiger partial charge in [-0.1, -0.05) is 34.5 Å². The topological polar surface area (TPSA) is 27.7 Å². The van der Waals surface area contributed by atoms with Crippen molar-refractivity contribution in [2.75, 3.05) is 0 Å². The van der Waals surface area contributed by atoms with Gasteiger partial charge in [0.05, 0.1) is 0 Å². The highest BCUT2D eigenvalue weighted by Gasteiger charge is 2.17. The van der Waals surface area contributed by atoms with E-state index in [1.54, 1.807) is 4.89 Å². The average Bonchev–Trinajstić information content (AvgIpc) is 2.35. The Bertz CT molecular complexity index is 301. The Morgan fingerprint density at radius 1 is 1.31 bits per heavy atom. The van der Waals surface area contributed by atoms with Crippen LogP contribution >= 0.6 is 28.2 Å². The van der Waals surface area contributed by atoms with E-state index in [4.69, 9.17) is 4.74 Å². The molecule has 90 valence electrons. The molecule has 0 aromatic heterocycles. The minimum absolute atomic E-state index is 0.0436. The van der Waals surface area contributed by atoms with Crippen molar-refractivity contribution in [1.29, 1.82) is 0 Å². The Hall–Kier alpha value is 0.190. The molecule has 0 radical (unpaired) electrons. The van der Waals surface area contributed by atoms with Crippen LogP contribution in [-0.4, -0.2) is 15.9 Å². The second-order valence-corrected chi connectivity index (χ2v) is 4.42. The molecule has 0 bridgehead atoms. The third-order valence-electron chi connectivity index (χ3n) is 2.04. The molecule has 1 rings (SSSR count). The maximum atomic E-state index is 5.85. The molecule has 0 aliphatic rings. The summed E-state index contributed by atoms with van der Waals surface area (Å²) in [5.74, 6) is 0.865. The molecule has 4 atom stereocenters. The van der Waals surface area contributed by atoms with Crippen molar-refractivity contribution < 1.29 is 4.74 Å². The van der Waals surface area contributed by atoms with Crippen molar-refractivity contribution in [3.05, 3.63) is 30.3 Å². The summed E-state index contributed by atoms with van der Waals surface area (Å²) in [6.07, 6.45) is 0.827. The quantitative estimate of drug-likeness (QED) is 0.490. The Morgan fingerprint density at radius 3 is 2.44 bits per heavy atom. The van der Waals surface area contributed by atoms with Crippen LogP contribution in [0.5, 0.6) is 5.75 Å². The van der Waals surface area contributed by atoms with Gasteiger partial charge < -0.3 is 4.74 Å². The van der Waals surface area contributed by atoms with Gasteiger partial charge in [-0.3, -0.25) is 0 Å². The van der Waals surface area contributed by atoms with Crippen LogP contribution in [0.15, 0.2) is 30.3 Å². The molecule has 0 aliphatic heterocycles. The van der Waals surface area contributed by atoms with E-state index in [2.05, 4.69) is 40.3 Å². The molecule has 0 spiro atoms. The number of hydrogen-bond donors (Lipinski definition) is 1. The first-order chi connectivity index (χ1) is 7.69. The van der Waals surface area contributed by atoms with Crippen LogP contribution in [-0.2, 0) is 0 Å². The van der Waals surface area contributed by atoms with Crippen molar-refractivity contribution in [2.24, 2.45) is 0 Å². The molecule has 4 unspecified atom stereocenters. The first kappa shape index (κ1) is 14.3. The molecule has 1 aromatic carbocycles. The maximum absolute atomic E-state index is 5.85. The Morgan fingerprint density at radius 2 is 1.94 bits per heavy atom. The molecule has 0 amide bonds. The zero-order valence-corrected chi connectivity index (χ0v) is 12.7. The fraction of sp³-hybridized carbons (Fsp3) is 0.333. The van der Waals surface area contributed by atoms with Gasteiger partial charge in [-0.25, -0.2) is 5.20 Å². The lowest BCUT2D eigenvalue weighted by Crippen LogP contribution is -2.42. The van der Waals surface area contributed by atoms with Gasteiger partial charge >= 0.3 is 0 Å². The molecule has 16 heavy (non-hydrogen) atoms. The lowest BCUT2D eigenvalue weighted by atomic mass is 10.3. The van der Waals surface area contributed by atoms with E-state index in [9.17, 15) is 0 Å². The molecule has 0 saturated heterocycles. The van der Waals surface area contributed by atoms with Gasteiger partial charge in [0.25, 0.3) is 0 Å². The average molecular weight is 277 g/mol. The van der Waals surface area contributed by atoms with Crippen molar-refractivity contribution in [3.63, 3.8) is 0 Å². The molecule has 0 saturated carbocycles. The molecule has 0 heterocycles. The highest BCUT2D eigenvalue weighted by Crippen LogP contribution is 2.20. The second-order valence-electron chi connectivity index (χ2n) is 3.15. The summed E-state index contributed by atoms with van der Waals surface area (Å²) in [6, 6.07) is 9.78. The number of rotatable bonds is 6. The van der Waals surface area contributed by atoms with Crippen LogP contribution in [0.4, 0.5) is 0 Å². The number of benzene rings is 1. The Balaban J connectivity index is 2.62. The van der Waals surface area contributed by atoms with E-state index in [-0.39, 0.29) is 6.23 Å². The van der Waals surface area contributed by atoms with Gasteiger partial charge in [0, 0.05) is 0 Å². The summed E-state index contributed by atoms with van der Waals surface area (Å²) in [6.45, 7) is 2.08. The molecule has 0 fully saturated rings. The van der Waals surface area contributed by atoms with E-state index in [0.717, 1.165) is 12.2 Å². The number of nitrogens with zero attached hydrogens (tertiary/aromatic N) is 2. The number of para-hydroxylation sites is 1. The van der Waals surface area contributed by atoms with Crippen LogP contribution in [0.2, 0.25) is 0 Å². The van der Waals surface area contributed by atoms with Gasteiger partial charge in [-0.15, -0.1) is 0 Å². The third kappa shape index (κ3) is 4.22. The predicted octanol–water partition coefficient (Wildman–Crippen LogP) is 2.20. The molecular formula is C9H18N3OP3. The van der Waals surface area contributed by atoms with E-state index in [1.807, 2.05) is 35.1 Å². The standard InChI is InChI=1S/C9H18N3OP3/c1-2-9(11(15)12(16)10-14)13-8-6-4-3-5-7-8/h3-7,9-10H,2,14-16H2,1H3. The molecule has 1 N–H and O–H groups in total. The molecule has 0 aliphatic carbocycles. The van der Waals surface area contributed by atoms with Crippen LogP contribution in [0.3, 0.4) is 0 Å². The first-order valence-electron chi connectivity index (χ1n) is 4.95. The summed E-state index contributed by atoms with van der Waals surface area (Å²) in [5, 5.41) is 2.90. The van der Waals surface area contributed by atoms with Crippen molar-refractivity contribution in [1.82, 2.24) is 14.9 Å². The van der Waals surface area contributed by atoms with Crippen molar-refractivity contribution >= 4 is 28.2 Å². The predicted molar refractivity (Wildman–Crippen MR) is 77.1 cm³/mol. The lowest BCUT2D eigenvalue weighted by Gasteiger charge is -2.33. The fourth-order valence-electron chi connectivity index (χ4n) is 1.19. The summed E-state index contributed by atoms with van der Waals surface area (Å²) in [7, 11) is 7.57. The summed E-state index contributed by atoms with van der Waals surface area (Å²) >= 11 is 0. The first-order valence-corrected chi connectivity index (χ1v) is 6.56. The summed E-state index contributed by atoms with van der Waals surface area (Å²) in [5.41, 5.74) is 0. The summed E-state index contributed by atoms with van der Waals surface area (Å²) in [4.78, 5) is 1.74. The molecular weight excluding hydrogens is 259 g/mol. The van der Waals surface area contributed by atoms with Crippen LogP contribution in [0, 0.1) is 0 Å². The smallest absolute Gasteiger partial charge is 0.169 e. The Kier molecular flexibility index (Phi) is 6.68. The minimum atomic E-state index is -0.0436. The SMILES string of the molecule is CCC(Oc1ccccc1)N(P)N(P)NP. The van der Waals surface area contributed by atoms with E-state index in [1.165, 1.54) is 0 Å². The van der Waals surface area contributed by atoms with Crippen molar-refractivity contribution in [2.45, 2.75) is 19.6 Å².